The number of aromatic carboxylic acids is 1. The van der Waals surface area contributed by atoms with Gasteiger partial charge in [0.25, 0.3) is 5.56 Å². The van der Waals surface area contributed by atoms with Gasteiger partial charge in [-0.15, -0.1) is 0 Å². The second kappa shape index (κ2) is 7.70. The summed E-state index contributed by atoms with van der Waals surface area (Å²) < 4.78 is 13.9. The van der Waals surface area contributed by atoms with E-state index in [1.807, 2.05) is 0 Å². The van der Waals surface area contributed by atoms with Gasteiger partial charge < -0.3 is 10.2 Å². The fourth-order valence-electron chi connectivity index (χ4n) is 2.44. The summed E-state index contributed by atoms with van der Waals surface area (Å²) in [5.74, 6) is -2.12. The summed E-state index contributed by atoms with van der Waals surface area (Å²) in [7, 11) is 0. The van der Waals surface area contributed by atoms with Crippen LogP contribution in [-0.4, -0.2) is 31.9 Å². The highest BCUT2D eigenvalue weighted by molar-refractivity contribution is 5.88. The van der Waals surface area contributed by atoms with Gasteiger partial charge in [0.1, 0.15) is 11.4 Å². The average molecular weight is 383 g/mol. The standard InChI is InChI=1S/C19H14FN3O5/c20-13-5-1-11(2-6-13)10-23-17(25)15(16(24)22-19(23)28)9-21-14-7-3-12(4-8-14)18(26)27/h1-9,25H,10H2,(H,26,27)(H,22,24,28). The highest BCUT2D eigenvalue weighted by atomic mass is 19.1. The largest absolute Gasteiger partial charge is 0.494 e. The summed E-state index contributed by atoms with van der Waals surface area (Å²) in [5, 5.41) is 19.2. The number of nitrogens with zero attached hydrogens (tertiary/aromatic N) is 2. The van der Waals surface area contributed by atoms with E-state index in [-0.39, 0.29) is 17.7 Å². The van der Waals surface area contributed by atoms with Gasteiger partial charge in [-0.25, -0.2) is 14.0 Å². The molecule has 0 aliphatic rings. The second-order valence-electron chi connectivity index (χ2n) is 5.82. The molecular weight excluding hydrogens is 369 g/mol. The number of hydrogen-bond donors (Lipinski definition) is 3. The maximum Gasteiger partial charge on any atom is 0.335 e. The number of carboxylic acids is 1. The Hall–Kier alpha value is -4.01. The number of benzene rings is 2. The number of halogens is 1. The summed E-state index contributed by atoms with van der Waals surface area (Å²) in [6.45, 7) is -0.0874. The molecule has 0 bridgehead atoms. The zero-order valence-electron chi connectivity index (χ0n) is 14.3. The molecule has 8 nitrogen and oxygen atoms in total. The monoisotopic (exact) mass is 383 g/mol. The van der Waals surface area contributed by atoms with Gasteiger partial charge in [0.15, 0.2) is 0 Å². The maximum absolute atomic E-state index is 13.0. The minimum absolute atomic E-state index is 0.0764. The Morgan fingerprint density at radius 2 is 1.75 bits per heavy atom. The van der Waals surface area contributed by atoms with Gasteiger partial charge in [0.05, 0.1) is 17.8 Å². The Morgan fingerprint density at radius 3 is 2.36 bits per heavy atom. The van der Waals surface area contributed by atoms with Crippen LogP contribution in [0.3, 0.4) is 0 Å². The molecule has 142 valence electrons. The predicted octanol–water partition coefficient (Wildman–Crippen LogP) is 1.88. The van der Waals surface area contributed by atoms with Gasteiger partial charge in [0.2, 0.25) is 5.88 Å². The van der Waals surface area contributed by atoms with E-state index < -0.39 is 28.9 Å². The summed E-state index contributed by atoms with van der Waals surface area (Å²) >= 11 is 0. The van der Waals surface area contributed by atoms with Crippen LogP contribution in [0.4, 0.5) is 10.1 Å². The van der Waals surface area contributed by atoms with Crippen LogP contribution in [0.5, 0.6) is 5.88 Å². The van der Waals surface area contributed by atoms with E-state index in [0.717, 1.165) is 10.8 Å². The Morgan fingerprint density at radius 1 is 1.11 bits per heavy atom. The molecule has 1 aromatic heterocycles. The molecule has 0 atom stereocenters. The highest BCUT2D eigenvalue weighted by Crippen LogP contribution is 2.15. The van der Waals surface area contributed by atoms with Gasteiger partial charge >= 0.3 is 11.7 Å². The second-order valence-corrected chi connectivity index (χ2v) is 5.82. The molecule has 0 saturated carbocycles. The van der Waals surface area contributed by atoms with Crippen LogP contribution in [0.1, 0.15) is 21.5 Å². The van der Waals surface area contributed by atoms with Gasteiger partial charge in [-0.05, 0) is 42.0 Å². The van der Waals surface area contributed by atoms with Crippen molar-refractivity contribution in [2.24, 2.45) is 4.99 Å². The third kappa shape index (κ3) is 4.04. The molecule has 0 spiro atoms. The number of hydrogen-bond acceptors (Lipinski definition) is 5. The van der Waals surface area contributed by atoms with E-state index in [0.29, 0.717) is 11.3 Å². The third-order valence-electron chi connectivity index (χ3n) is 3.92. The molecule has 0 amide bonds. The molecule has 3 aromatic rings. The van der Waals surface area contributed by atoms with E-state index in [4.69, 9.17) is 5.11 Å². The first kappa shape index (κ1) is 18.8. The molecule has 0 saturated heterocycles. The molecule has 0 aliphatic carbocycles. The van der Waals surface area contributed by atoms with Gasteiger partial charge in [-0.3, -0.25) is 19.3 Å². The van der Waals surface area contributed by atoms with Crippen molar-refractivity contribution in [2.75, 3.05) is 0 Å². The normalized spacial score (nSPS) is 11.0. The van der Waals surface area contributed by atoms with Crippen LogP contribution >= 0.6 is 0 Å². The minimum atomic E-state index is -1.09. The summed E-state index contributed by atoms with van der Waals surface area (Å²) in [6.07, 6.45) is 1.07. The summed E-state index contributed by atoms with van der Waals surface area (Å²) in [5.41, 5.74) is -0.937. The lowest BCUT2D eigenvalue weighted by Gasteiger charge is -2.09. The number of nitrogens with one attached hydrogen (secondary N) is 1. The highest BCUT2D eigenvalue weighted by Gasteiger charge is 2.13. The SMILES string of the molecule is O=C(O)c1ccc(N=Cc2c(O)n(Cc3ccc(F)cc3)c(=O)[nH]c2=O)cc1. The van der Waals surface area contributed by atoms with E-state index in [9.17, 15) is 23.9 Å². The fourth-order valence-corrected chi connectivity index (χ4v) is 2.44. The van der Waals surface area contributed by atoms with Crippen molar-refractivity contribution in [2.45, 2.75) is 6.54 Å². The number of aliphatic imine (C=N–C) groups is 1. The van der Waals surface area contributed by atoms with Crippen LogP contribution in [0, 0.1) is 5.82 Å². The number of aromatic amines is 1. The van der Waals surface area contributed by atoms with Crippen LogP contribution in [0.2, 0.25) is 0 Å². The third-order valence-corrected chi connectivity index (χ3v) is 3.92. The van der Waals surface area contributed by atoms with Crippen molar-refractivity contribution in [3.63, 3.8) is 0 Å². The number of carbonyl (C=O) groups is 1. The lowest BCUT2D eigenvalue weighted by molar-refractivity contribution is 0.0697. The predicted molar refractivity (Wildman–Crippen MR) is 99.1 cm³/mol. The Bertz CT molecular complexity index is 1160. The molecule has 0 aliphatic heterocycles. The number of aromatic hydroxyl groups is 1. The molecule has 3 rings (SSSR count). The number of rotatable bonds is 5. The Balaban J connectivity index is 1.94. The molecule has 1 heterocycles. The van der Waals surface area contributed by atoms with Gasteiger partial charge in [-0.1, -0.05) is 12.1 Å². The fraction of sp³-hybridized carbons (Fsp3) is 0.0526. The number of aromatic nitrogens is 2. The molecule has 9 heteroatoms. The molecule has 0 unspecified atom stereocenters. The van der Waals surface area contributed by atoms with Crippen molar-refractivity contribution >= 4 is 17.9 Å². The van der Waals surface area contributed by atoms with Crippen LogP contribution in [0.25, 0.3) is 0 Å². The Labute approximate surface area is 156 Å². The molecule has 3 N–H and O–H groups in total. The first-order valence-corrected chi connectivity index (χ1v) is 8.03. The van der Waals surface area contributed by atoms with Crippen molar-refractivity contribution in [3.8, 4) is 5.88 Å². The van der Waals surface area contributed by atoms with E-state index in [1.165, 1.54) is 48.5 Å². The van der Waals surface area contributed by atoms with E-state index in [2.05, 4.69) is 9.98 Å². The van der Waals surface area contributed by atoms with Crippen molar-refractivity contribution in [1.29, 1.82) is 0 Å². The number of H-pyrrole nitrogens is 1. The lowest BCUT2D eigenvalue weighted by Crippen LogP contribution is -2.32. The van der Waals surface area contributed by atoms with E-state index in [1.54, 1.807) is 0 Å². The number of carboxylic acid groups (broad SMARTS) is 1. The summed E-state index contributed by atoms with van der Waals surface area (Å²) in [4.78, 5) is 41.0. The minimum Gasteiger partial charge on any atom is -0.494 e. The van der Waals surface area contributed by atoms with Crippen molar-refractivity contribution in [3.05, 3.63) is 91.9 Å². The molecule has 28 heavy (non-hydrogen) atoms. The topological polar surface area (TPSA) is 125 Å². The molecular formula is C19H14FN3O5. The van der Waals surface area contributed by atoms with Crippen LogP contribution in [0.15, 0.2) is 63.1 Å². The summed E-state index contributed by atoms with van der Waals surface area (Å²) in [6, 6.07) is 10.9. The molecule has 0 radical (unpaired) electrons. The van der Waals surface area contributed by atoms with Crippen molar-refractivity contribution < 1.29 is 19.4 Å². The van der Waals surface area contributed by atoms with E-state index >= 15 is 0 Å². The van der Waals surface area contributed by atoms with Crippen molar-refractivity contribution in [1.82, 2.24) is 9.55 Å². The van der Waals surface area contributed by atoms with Crippen LogP contribution in [-0.2, 0) is 6.54 Å². The smallest absolute Gasteiger partial charge is 0.335 e. The van der Waals surface area contributed by atoms with Gasteiger partial charge in [0, 0.05) is 6.21 Å². The first-order chi connectivity index (χ1) is 13.3. The maximum atomic E-state index is 13.0. The first-order valence-electron chi connectivity index (χ1n) is 8.03. The van der Waals surface area contributed by atoms with Crippen LogP contribution < -0.4 is 11.2 Å². The zero-order chi connectivity index (χ0) is 20.3. The average Bonchev–Trinajstić information content (AvgIpc) is 2.66. The molecule has 0 fully saturated rings. The molecule has 2 aromatic carbocycles. The quantitative estimate of drug-likeness (QED) is 0.580. The lowest BCUT2D eigenvalue weighted by atomic mass is 10.2. The van der Waals surface area contributed by atoms with Gasteiger partial charge in [-0.2, -0.15) is 0 Å². The zero-order valence-corrected chi connectivity index (χ0v) is 14.3. The Kier molecular flexibility index (Phi) is 5.16.